The molecule has 70 valence electrons. The van der Waals surface area contributed by atoms with Crippen LogP contribution in [-0.4, -0.2) is 11.4 Å². The molecule has 0 atom stereocenters. The van der Waals surface area contributed by atoms with Crippen LogP contribution in [0.2, 0.25) is 0 Å². The van der Waals surface area contributed by atoms with Crippen molar-refractivity contribution in [2.24, 2.45) is 5.92 Å². The van der Waals surface area contributed by atoms with Crippen LogP contribution in [0.4, 0.5) is 0 Å². The van der Waals surface area contributed by atoms with Gasteiger partial charge in [-0.15, -0.1) is 0 Å². The molecule has 1 aliphatic carbocycles. The van der Waals surface area contributed by atoms with E-state index in [-0.39, 0.29) is 5.91 Å². The van der Waals surface area contributed by atoms with Crippen molar-refractivity contribution in [3.63, 3.8) is 0 Å². The molecule has 1 rings (SSSR count). The van der Waals surface area contributed by atoms with E-state index in [0.29, 0.717) is 5.92 Å². The fraction of sp³-hybridized carbons (Fsp3) is 0.600. The number of rotatable bonds is 3. The summed E-state index contributed by atoms with van der Waals surface area (Å²) in [6.45, 7) is 4.00. The van der Waals surface area contributed by atoms with Crippen molar-refractivity contribution in [1.82, 2.24) is 5.32 Å². The van der Waals surface area contributed by atoms with Gasteiger partial charge < -0.3 is 5.32 Å². The van der Waals surface area contributed by atoms with Gasteiger partial charge in [-0.1, -0.05) is 19.9 Å². The van der Waals surface area contributed by atoms with E-state index in [0.717, 1.165) is 12.8 Å². The molecule has 0 heterocycles. The van der Waals surface area contributed by atoms with Gasteiger partial charge in [-0.2, -0.15) is 5.26 Å². The highest BCUT2D eigenvalue weighted by atomic mass is 16.1. The molecule has 1 amide bonds. The van der Waals surface area contributed by atoms with Crippen molar-refractivity contribution in [3.8, 4) is 6.07 Å². The summed E-state index contributed by atoms with van der Waals surface area (Å²) in [7, 11) is 0. The Morgan fingerprint density at radius 3 is 2.62 bits per heavy atom. The molecule has 0 saturated heterocycles. The highest BCUT2D eigenvalue weighted by Gasteiger charge is 2.44. The fourth-order valence-electron chi connectivity index (χ4n) is 0.947. The van der Waals surface area contributed by atoms with Gasteiger partial charge in [-0.3, -0.25) is 4.79 Å². The summed E-state index contributed by atoms with van der Waals surface area (Å²) in [5.74, 6) is 0.204. The Morgan fingerprint density at radius 2 is 2.23 bits per heavy atom. The van der Waals surface area contributed by atoms with Gasteiger partial charge in [-0.25, -0.2) is 0 Å². The van der Waals surface area contributed by atoms with Gasteiger partial charge >= 0.3 is 0 Å². The van der Waals surface area contributed by atoms with E-state index < -0.39 is 5.54 Å². The maximum Gasteiger partial charge on any atom is 0.244 e. The van der Waals surface area contributed by atoms with Crippen LogP contribution in [0.25, 0.3) is 0 Å². The fourth-order valence-corrected chi connectivity index (χ4v) is 0.947. The molecule has 1 saturated carbocycles. The first-order chi connectivity index (χ1) is 6.08. The maximum atomic E-state index is 11.2. The molecule has 0 aromatic rings. The first-order valence-corrected chi connectivity index (χ1v) is 4.49. The number of nitriles is 1. The minimum atomic E-state index is -0.543. The summed E-state index contributed by atoms with van der Waals surface area (Å²) in [5.41, 5.74) is -0.543. The third-order valence-electron chi connectivity index (χ3n) is 1.96. The van der Waals surface area contributed by atoms with Crippen LogP contribution in [0.5, 0.6) is 0 Å². The lowest BCUT2D eigenvalue weighted by molar-refractivity contribution is -0.117. The highest BCUT2D eigenvalue weighted by molar-refractivity contribution is 5.88. The van der Waals surface area contributed by atoms with E-state index in [4.69, 9.17) is 5.26 Å². The number of allylic oxidation sites excluding steroid dienone is 1. The molecule has 13 heavy (non-hydrogen) atoms. The van der Waals surface area contributed by atoms with E-state index in [2.05, 4.69) is 11.4 Å². The third-order valence-corrected chi connectivity index (χ3v) is 1.96. The molecule has 3 nitrogen and oxygen atoms in total. The van der Waals surface area contributed by atoms with Crippen molar-refractivity contribution in [2.75, 3.05) is 0 Å². The second-order valence-corrected chi connectivity index (χ2v) is 3.79. The maximum absolute atomic E-state index is 11.2. The summed E-state index contributed by atoms with van der Waals surface area (Å²) in [5, 5.41) is 11.4. The minimum absolute atomic E-state index is 0.159. The van der Waals surface area contributed by atoms with E-state index in [1.807, 2.05) is 19.9 Å². The number of carbonyl (C=O) groups excluding carboxylic acids is 1. The van der Waals surface area contributed by atoms with Crippen LogP contribution < -0.4 is 5.32 Å². The summed E-state index contributed by atoms with van der Waals surface area (Å²) in [6.07, 6.45) is 4.89. The second-order valence-electron chi connectivity index (χ2n) is 3.79. The number of amides is 1. The molecule has 0 radical (unpaired) electrons. The zero-order valence-corrected chi connectivity index (χ0v) is 8.00. The van der Waals surface area contributed by atoms with Crippen molar-refractivity contribution >= 4 is 5.91 Å². The van der Waals surface area contributed by atoms with Gasteiger partial charge in [0, 0.05) is 0 Å². The van der Waals surface area contributed by atoms with Crippen LogP contribution >= 0.6 is 0 Å². The van der Waals surface area contributed by atoms with Crippen LogP contribution in [0.1, 0.15) is 26.7 Å². The van der Waals surface area contributed by atoms with E-state index in [1.165, 1.54) is 6.08 Å². The molecule has 3 heteroatoms. The Hall–Kier alpha value is -1.30. The molecule has 0 unspecified atom stereocenters. The molecule has 1 aliphatic rings. The summed E-state index contributed by atoms with van der Waals surface area (Å²) < 4.78 is 0. The van der Waals surface area contributed by atoms with E-state index in [9.17, 15) is 4.79 Å². The van der Waals surface area contributed by atoms with Gasteiger partial charge in [0.2, 0.25) is 5.91 Å². The molecule has 0 aliphatic heterocycles. The average molecular weight is 178 g/mol. The van der Waals surface area contributed by atoms with E-state index >= 15 is 0 Å². The largest absolute Gasteiger partial charge is 0.334 e. The van der Waals surface area contributed by atoms with Gasteiger partial charge in [0.05, 0.1) is 6.07 Å². The lowest BCUT2D eigenvalue weighted by atomic mass is 10.2. The first-order valence-electron chi connectivity index (χ1n) is 4.49. The predicted molar refractivity (Wildman–Crippen MR) is 49.7 cm³/mol. The topological polar surface area (TPSA) is 52.9 Å². The smallest absolute Gasteiger partial charge is 0.244 e. The first kappa shape index (κ1) is 9.79. The van der Waals surface area contributed by atoms with Crippen molar-refractivity contribution in [3.05, 3.63) is 12.2 Å². The van der Waals surface area contributed by atoms with E-state index in [1.54, 1.807) is 0 Å². The Balaban J connectivity index is 2.39. The summed E-state index contributed by atoms with van der Waals surface area (Å²) >= 11 is 0. The molecule has 0 aromatic heterocycles. The lowest BCUT2D eigenvalue weighted by Crippen LogP contribution is -2.34. The number of nitrogens with one attached hydrogen (secondary N) is 1. The number of hydrogen-bond donors (Lipinski definition) is 1. The van der Waals surface area contributed by atoms with Crippen LogP contribution in [-0.2, 0) is 4.79 Å². The molecule has 1 N–H and O–H groups in total. The molecular formula is C10H14N2O. The van der Waals surface area contributed by atoms with Crippen LogP contribution in [0.15, 0.2) is 12.2 Å². The molecular weight excluding hydrogens is 164 g/mol. The van der Waals surface area contributed by atoms with Crippen LogP contribution in [0.3, 0.4) is 0 Å². The normalized spacial score (nSPS) is 18.6. The molecule has 0 spiro atoms. The average Bonchev–Trinajstić information content (AvgIpc) is 2.82. The Morgan fingerprint density at radius 1 is 1.62 bits per heavy atom. The second kappa shape index (κ2) is 3.61. The molecule has 0 bridgehead atoms. The quantitative estimate of drug-likeness (QED) is 0.663. The minimum Gasteiger partial charge on any atom is -0.334 e. The molecule has 1 fully saturated rings. The number of nitrogens with zero attached hydrogens (tertiary/aromatic N) is 1. The summed E-state index contributed by atoms with van der Waals surface area (Å²) in [6, 6.07) is 2.11. The Bertz CT molecular complexity index is 269. The number of carbonyl (C=O) groups is 1. The van der Waals surface area contributed by atoms with Crippen molar-refractivity contribution < 1.29 is 4.79 Å². The van der Waals surface area contributed by atoms with Gasteiger partial charge in [-0.05, 0) is 24.8 Å². The van der Waals surface area contributed by atoms with Crippen molar-refractivity contribution in [2.45, 2.75) is 32.2 Å². The monoisotopic (exact) mass is 178 g/mol. The number of hydrogen-bond acceptors (Lipinski definition) is 2. The zero-order valence-electron chi connectivity index (χ0n) is 8.00. The van der Waals surface area contributed by atoms with Gasteiger partial charge in [0.25, 0.3) is 0 Å². The highest BCUT2D eigenvalue weighted by Crippen LogP contribution is 2.34. The zero-order chi connectivity index (χ0) is 9.90. The summed E-state index contributed by atoms with van der Waals surface area (Å²) in [4.78, 5) is 11.2. The van der Waals surface area contributed by atoms with Crippen LogP contribution in [0, 0.1) is 17.2 Å². The van der Waals surface area contributed by atoms with Gasteiger partial charge in [0.1, 0.15) is 5.54 Å². The lowest BCUT2D eigenvalue weighted by Gasteiger charge is -2.05. The standard InChI is InChI=1S/C10H14N2O/c1-8(2)3-4-9(13)12-10(7-11)5-6-10/h3-4,8H,5-6H2,1-2H3,(H,12,13)/b4-3+. The Kier molecular flexibility index (Phi) is 2.72. The van der Waals surface area contributed by atoms with Crippen molar-refractivity contribution in [1.29, 1.82) is 5.26 Å². The Labute approximate surface area is 78.4 Å². The SMILES string of the molecule is CC(C)/C=C/C(=O)NC1(C#N)CC1. The predicted octanol–water partition coefficient (Wildman–Crippen LogP) is 1.37. The van der Waals surface area contributed by atoms with Gasteiger partial charge in [0.15, 0.2) is 0 Å². The third kappa shape index (κ3) is 2.90. The molecule has 0 aromatic carbocycles.